The maximum atomic E-state index is 12.3. The molecule has 0 aliphatic rings. The van der Waals surface area contributed by atoms with Gasteiger partial charge in [-0.2, -0.15) is 0 Å². The van der Waals surface area contributed by atoms with Crippen LogP contribution in [0.1, 0.15) is 28.8 Å². The Morgan fingerprint density at radius 1 is 1.38 bits per heavy atom. The third kappa shape index (κ3) is 4.37. The van der Waals surface area contributed by atoms with Crippen LogP contribution in [0.4, 0.5) is 0 Å². The van der Waals surface area contributed by atoms with Crippen molar-refractivity contribution >= 4 is 21.4 Å². The van der Waals surface area contributed by atoms with Crippen molar-refractivity contribution in [3.05, 3.63) is 34.0 Å². The molecule has 0 radical (unpaired) electrons. The SMILES string of the molecule is CCCNCc1cc(S(=O)(=O)NCc2cnc[nH]2)c(C)s1. The molecule has 8 heteroatoms. The van der Waals surface area contributed by atoms with Crippen LogP contribution >= 0.6 is 11.3 Å². The van der Waals surface area contributed by atoms with Gasteiger partial charge in [0, 0.05) is 28.2 Å². The van der Waals surface area contributed by atoms with E-state index in [1.807, 2.05) is 6.92 Å². The molecule has 2 aromatic heterocycles. The number of nitrogens with one attached hydrogen (secondary N) is 3. The summed E-state index contributed by atoms with van der Waals surface area (Å²) in [4.78, 5) is 8.93. The van der Waals surface area contributed by atoms with Crippen molar-refractivity contribution in [3.8, 4) is 0 Å². The number of H-pyrrole nitrogens is 1. The molecule has 2 rings (SSSR count). The summed E-state index contributed by atoms with van der Waals surface area (Å²) in [6.45, 7) is 5.77. The topological polar surface area (TPSA) is 86.9 Å². The number of hydrogen-bond donors (Lipinski definition) is 3. The lowest BCUT2D eigenvalue weighted by Crippen LogP contribution is -2.23. The number of nitrogens with zero attached hydrogens (tertiary/aromatic N) is 1. The summed E-state index contributed by atoms with van der Waals surface area (Å²) >= 11 is 1.51. The predicted octanol–water partition coefficient (Wildman–Crippen LogP) is 1.76. The largest absolute Gasteiger partial charge is 0.347 e. The fourth-order valence-corrected chi connectivity index (χ4v) is 4.51. The fourth-order valence-electron chi connectivity index (χ4n) is 1.90. The average Bonchev–Trinajstić information content (AvgIpc) is 3.07. The molecule has 0 aliphatic heterocycles. The van der Waals surface area contributed by atoms with Crippen LogP contribution in [0.5, 0.6) is 0 Å². The lowest BCUT2D eigenvalue weighted by atomic mass is 10.4. The van der Waals surface area contributed by atoms with E-state index < -0.39 is 10.0 Å². The zero-order valence-corrected chi connectivity index (χ0v) is 13.8. The van der Waals surface area contributed by atoms with E-state index >= 15 is 0 Å². The Bertz CT molecular complexity index is 662. The molecule has 3 N–H and O–H groups in total. The van der Waals surface area contributed by atoms with Crippen molar-refractivity contribution in [2.24, 2.45) is 0 Å². The molecule has 0 saturated carbocycles. The Labute approximate surface area is 129 Å². The van der Waals surface area contributed by atoms with E-state index in [9.17, 15) is 8.42 Å². The number of aryl methyl sites for hydroxylation is 1. The third-order valence-electron chi connectivity index (χ3n) is 2.95. The van der Waals surface area contributed by atoms with Gasteiger partial charge in [0.05, 0.1) is 17.8 Å². The van der Waals surface area contributed by atoms with Crippen LogP contribution in [0.25, 0.3) is 0 Å². The van der Waals surface area contributed by atoms with Crippen molar-refractivity contribution in [2.45, 2.75) is 38.3 Å². The first-order valence-corrected chi connectivity index (χ1v) is 9.10. The van der Waals surface area contributed by atoms with Crippen LogP contribution in [-0.4, -0.2) is 24.9 Å². The summed E-state index contributed by atoms with van der Waals surface area (Å²) in [7, 11) is -3.49. The lowest BCUT2D eigenvalue weighted by Gasteiger charge is -2.04. The molecule has 0 bridgehead atoms. The number of aromatic nitrogens is 2. The number of rotatable bonds is 8. The molecule has 21 heavy (non-hydrogen) atoms. The summed E-state index contributed by atoms with van der Waals surface area (Å²) in [6.07, 6.45) is 4.18. The Hall–Kier alpha value is -1.22. The van der Waals surface area contributed by atoms with Gasteiger partial charge in [-0.1, -0.05) is 6.92 Å². The Morgan fingerprint density at radius 2 is 2.19 bits per heavy atom. The molecule has 116 valence electrons. The normalized spacial score (nSPS) is 11.9. The minimum Gasteiger partial charge on any atom is -0.347 e. The molecular formula is C13H20N4O2S2. The number of sulfonamides is 1. The van der Waals surface area contributed by atoms with Gasteiger partial charge in [-0.05, 0) is 26.0 Å². The smallest absolute Gasteiger partial charge is 0.242 e. The van der Waals surface area contributed by atoms with E-state index in [-0.39, 0.29) is 6.54 Å². The van der Waals surface area contributed by atoms with E-state index in [4.69, 9.17) is 0 Å². The first-order chi connectivity index (χ1) is 10.0. The van der Waals surface area contributed by atoms with Gasteiger partial charge in [-0.3, -0.25) is 0 Å². The first kappa shape index (κ1) is 16.2. The van der Waals surface area contributed by atoms with Crippen LogP contribution in [0.3, 0.4) is 0 Å². The molecule has 0 spiro atoms. The van der Waals surface area contributed by atoms with Gasteiger partial charge in [-0.25, -0.2) is 18.1 Å². The highest BCUT2D eigenvalue weighted by molar-refractivity contribution is 7.89. The highest BCUT2D eigenvalue weighted by Crippen LogP contribution is 2.25. The van der Waals surface area contributed by atoms with E-state index in [1.54, 1.807) is 12.3 Å². The maximum absolute atomic E-state index is 12.3. The Kier molecular flexibility index (Phi) is 5.51. The van der Waals surface area contributed by atoms with Crippen LogP contribution in [0, 0.1) is 6.92 Å². The second-order valence-electron chi connectivity index (χ2n) is 4.71. The molecule has 6 nitrogen and oxygen atoms in total. The lowest BCUT2D eigenvalue weighted by molar-refractivity contribution is 0.580. The Morgan fingerprint density at radius 3 is 2.86 bits per heavy atom. The second-order valence-corrected chi connectivity index (χ2v) is 7.79. The predicted molar refractivity (Wildman–Crippen MR) is 83.7 cm³/mol. The average molecular weight is 328 g/mol. The van der Waals surface area contributed by atoms with Gasteiger partial charge >= 0.3 is 0 Å². The minimum absolute atomic E-state index is 0.209. The van der Waals surface area contributed by atoms with E-state index in [0.717, 1.165) is 28.4 Å². The Balaban J connectivity index is 2.05. The van der Waals surface area contributed by atoms with Gasteiger partial charge in [0.2, 0.25) is 10.0 Å². The summed E-state index contributed by atoms with van der Waals surface area (Å²) in [5.41, 5.74) is 0.733. The number of imidazole rings is 1. The van der Waals surface area contributed by atoms with Crippen molar-refractivity contribution in [1.29, 1.82) is 0 Å². The quantitative estimate of drug-likeness (QED) is 0.644. The van der Waals surface area contributed by atoms with E-state index in [1.165, 1.54) is 17.7 Å². The molecule has 0 saturated heterocycles. The summed E-state index contributed by atoms with van der Waals surface area (Å²) in [5, 5.41) is 3.28. The molecule has 0 atom stereocenters. The zero-order chi connectivity index (χ0) is 15.3. The van der Waals surface area contributed by atoms with Gasteiger partial charge < -0.3 is 10.3 Å². The number of aromatic amines is 1. The van der Waals surface area contributed by atoms with Crippen molar-refractivity contribution in [1.82, 2.24) is 20.0 Å². The van der Waals surface area contributed by atoms with Crippen LogP contribution < -0.4 is 10.0 Å². The highest BCUT2D eigenvalue weighted by atomic mass is 32.2. The second kappa shape index (κ2) is 7.17. The number of hydrogen-bond acceptors (Lipinski definition) is 5. The molecule has 0 fully saturated rings. The van der Waals surface area contributed by atoms with Gasteiger partial charge in [-0.15, -0.1) is 11.3 Å². The highest BCUT2D eigenvalue weighted by Gasteiger charge is 2.19. The number of thiophene rings is 1. The fraction of sp³-hybridized carbons (Fsp3) is 0.462. The van der Waals surface area contributed by atoms with Gasteiger partial charge in [0.1, 0.15) is 0 Å². The first-order valence-electron chi connectivity index (χ1n) is 6.80. The van der Waals surface area contributed by atoms with Crippen LogP contribution in [-0.2, 0) is 23.1 Å². The molecule has 0 aromatic carbocycles. The van der Waals surface area contributed by atoms with Gasteiger partial charge in [0.15, 0.2) is 0 Å². The maximum Gasteiger partial charge on any atom is 0.242 e. The third-order valence-corrected chi connectivity index (χ3v) is 5.65. The molecule has 2 heterocycles. The summed E-state index contributed by atoms with van der Waals surface area (Å²) in [6, 6.07) is 1.75. The summed E-state index contributed by atoms with van der Waals surface area (Å²) < 4.78 is 27.3. The van der Waals surface area contributed by atoms with Crippen LogP contribution in [0.2, 0.25) is 0 Å². The van der Waals surface area contributed by atoms with Crippen LogP contribution in [0.15, 0.2) is 23.5 Å². The van der Waals surface area contributed by atoms with E-state index in [0.29, 0.717) is 11.4 Å². The molecular weight excluding hydrogens is 308 g/mol. The van der Waals surface area contributed by atoms with Crippen molar-refractivity contribution in [3.63, 3.8) is 0 Å². The molecule has 0 amide bonds. The van der Waals surface area contributed by atoms with Crippen molar-refractivity contribution in [2.75, 3.05) is 6.54 Å². The monoisotopic (exact) mass is 328 g/mol. The van der Waals surface area contributed by atoms with E-state index in [2.05, 4.69) is 26.9 Å². The van der Waals surface area contributed by atoms with Crippen molar-refractivity contribution < 1.29 is 8.42 Å². The summed E-state index contributed by atoms with van der Waals surface area (Å²) in [5.74, 6) is 0. The standard InChI is InChI=1S/C13H20N4O2S2/c1-3-4-14-8-12-5-13(10(2)20-12)21(18,19)17-7-11-6-15-9-16-11/h5-6,9,14,17H,3-4,7-8H2,1-2H3,(H,15,16). The minimum atomic E-state index is -3.49. The zero-order valence-electron chi connectivity index (χ0n) is 12.1. The molecule has 0 unspecified atom stereocenters. The molecule has 2 aromatic rings. The molecule has 0 aliphatic carbocycles. The van der Waals surface area contributed by atoms with Gasteiger partial charge in [0.25, 0.3) is 0 Å².